The predicted molar refractivity (Wildman–Crippen MR) is 73.2 cm³/mol. The SMILES string of the molecule is CCCCCCCCC/C=C\CCCC(=O)O. The van der Waals surface area contributed by atoms with E-state index in [1.54, 1.807) is 0 Å². The van der Waals surface area contributed by atoms with Crippen molar-refractivity contribution in [2.75, 3.05) is 0 Å². The van der Waals surface area contributed by atoms with Gasteiger partial charge in [0, 0.05) is 6.42 Å². The molecule has 0 atom stereocenters. The van der Waals surface area contributed by atoms with Gasteiger partial charge < -0.3 is 5.11 Å². The molecule has 0 aliphatic rings. The molecule has 0 aromatic carbocycles. The summed E-state index contributed by atoms with van der Waals surface area (Å²) in [5.41, 5.74) is 0. The number of allylic oxidation sites excluding steroid dienone is 2. The third-order valence-electron chi connectivity index (χ3n) is 2.90. The molecule has 0 fully saturated rings. The van der Waals surface area contributed by atoms with Gasteiger partial charge in [-0.1, -0.05) is 57.6 Å². The molecule has 0 spiro atoms. The smallest absolute Gasteiger partial charge is 0.303 e. The second-order valence-electron chi connectivity index (χ2n) is 4.67. The van der Waals surface area contributed by atoms with Crippen LogP contribution in [0.1, 0.15) is 77.6 Å². The van der Waals surface area contributed by atoms with Crippen molar-refractivity contribution in [3.8, 4) is 0 Å². The Kier molecular flexibility index (Phi) is 12.7. The second-order valence-corrected chi connectivity index (χ2v) is 4.67. The molecule has 0 aliphatic carbocycles. The van der Waals surface area contributed by atoms with Crippen molar-refractivity contribution in [3.05, 3.63) is 12.2 Å². The van der Waals surface area contributed by atoms with Crippen LogP contribution in [0.5, 0.6) is 0 Å². The highest BCUT2D eigenvalue weighted by Gasteiger charge is 1.93. The van der Waals surface area contributed by atoms with E-state index in [1.807, 2.05) is 0 Å². The molecule has 17 heavy (non-hydrogen) atoms. The number of rotatable bonds is 12. The molecule has 2 nitrogen and oxygen atoms in total. The van der Waals surface area contributed by atoms with Crippen molar-refractivity contribution in [1.82, 2.24) is 0 Å². The van der Waals surface area contributed by atoms with Crippen LogP contribution < -0.4 is 0 Å². The lowest BCUT2D eigenvalue weighted by Gasteiger charge is -1.98. The summed E-state index contributed by atoms with van der Waals surface area (Å²) in [6.45, 7) is 2.25. The second kappa shape index (κ2) is 13.3. The lowest BCUT2D eigenvalue weighted by atomic mass is 10.1. The van der Waals surface area contributed by atoms with Crippen molar-refractivity contribution in [3.63, 3.8) is 0 Å². The van der Waals surface area contributed by atoms with Crippen molar-refractivity contribution < 1.29 is 9.90 Å². The maximum atomic E-state index is 10.3. The van der Waals surface area contributed by atoms with Crippen molar-refractivity contribution in [1.29, 1.82) is 0 Å². The minimum Gasteiger partial charge on any atom is -0.481 e. The summed E-state index contributed by atoms with van der Waals surface area (Å²) < 4.78 is 0. The zero-order valence-corrected chi connectivity index (χ0v) is 11.3. The molecule has 0 saturated heterocycles. The summed E-state index contributed by atoms with van der Waals surface area (Å²) >= 11 is 0. The number of unbranched alkanes of at least 4 members (excludes halogenated alkanes) is 8. The molecule has 0 unspecified atom stereocenters. The molecule has 0 radical (unpaired) electrons. The first kappa shape index (κ1) is 16.2. The van der Waals surface area contributed by atoms with Gasteiger partial charge in [0.25, 0.3) is 0 Å². The lowest BCUT2D eigenvalue weighted by molar-refractivity contribution is -0.137. The van der Waals surface area contributed by atoms with Gasteiger partial charge in [0.2, 0.25) is 0 Å². The number of carboxylic acid groups (broad SMARTS) is 1. The highest BCUT2D eigenvalue weighted by Crippen LogP contribution is 2.08. The molecule has 0 aromatic rings. The quantitative estimate of drug-likeness (QED) is 0.387. The number of carboxylic acids is 1. The Morgan fingerprint density at radius 3 is 2.00 bits per heavy atom. The molecular weight excluding hydrogens is 212 g/mol. The summed E-state index contributed by atoms with van der Waals surface area (Å²) in [6, 6.07) is 0. The van der Waals surface area contributed by atoms with Crippen LogP contribution in [-0.2, 0) is 4.79 Å². The van der Waals surface area contributed by atoms with Gasteiger partial charge in [-0.3, -0.25) is 4.79 Å². The van der Waals surface area contributed by atoms with Crippen LogP contribution in [0.3, 0.4) is 0 Å². The molecule has 0 saturated carbocycles. The summed E-state index contributed by atoms with van der Waals surface area (Å²) in [7, 11) is 0. The van der Waals surface area contributed by atoms with Crippen LogP contribution in [0.25, 0.3) is 0 Å². The van der Waals surface area contributed by atoms with E-state index in [1.165, 1.54) is 44.9 Å². The standard InChI is InChI=1S/C15H28O2/c1-2-3-4-5-6-7-8-9-10-11-12-13-14-15(16)17/h10-11H,2-9,12-14H2,1H3,(H,16,17)/b11-10-. The Hall–Kier alpha value is -0.790. The van der Waals surface area contributed by atoms with Crippen LogP contribution in [-0.4, -0.2) is 11.1 Å². The third kappa shape index (κ3) is 15.2. The predicted octanol–water partition coefficient (Wildman–Crippen LogP) is 4.94. The van der Waals surface area contributed by atoms with Crippen LogP contribution in [0.15, 0.2) is 12.2 Å². The maximum Gasteiger partial charge on any atom is 0.303 e. The Balaban J connectivity index is 3.06. The monoisotopic (exact) mass is 240 g/mol. The average molecular weight is 240 g/mol. The summed E-state index contributed by atoms with van der Waals surface area (Å²) in [4.78, 5) is 10.3. The normalized spacial score (nSPS) is 11.1. The number of aliphatic carboxylic acids is 1. The van der Waals surface area contributed by atoms with E-state index in [-0.39, 0.29) is 0 Å². The Labute approximate surface area is 106 Å². The Morgan fingerprint density at radius 2 is 1.41 bits per heavy atom. The van der Waals surface area contributed by atoms with Crippen LogP contribution >= 0.6 is 0 Å². The molecule has 0 heterocycles. The third-order valence-corrected chi connectivity index (χ3v) is 2.90. The fraction of sp³-hybridized carbons (Fsp3) is 0.800. The maximum absolute atomic E-state index is 10.3. The molecule has 2 heteroatoms. The Bertz CT molecular complexity index is 197. The summed E-state index contributed by atoms with van der Waals surface area (Å²) in [6.07, 6.45) is 16.9. The topological polar surface area (TPSA) is 37.3 Å². The van der Waals surface area contributed by atoms with Gasteiger partial charge in [-0.25, -0.2) is 0 Å². The van der Waals surface area contributed by atoms with Gasteiger partial charge in [0.05, 0.1) is 0 Å². The average Bonchev–Trinajstić information content (AvgIpc) is 2.30. The van der Waals surface area contributed by atoms with Gasteiger partial charge in [0.15, 0.2) is 0 Å². The Morgan fingerprint density at radius 1 is 0.882 bits per heavy atom. The van der Waals surface area contributed by atoms with Gasteiger partial charge in [-0.05, 0) is 25.7 Å². The van der Waals surface area contributed by atoms with E-state index in [2.05, 4.69) is 19.1 Å². The molecule has 100 valence electrons. The number of carbonyl (C=O) groups is 1. The summed E-state index contributed by atoms with van der Waals surface area (Å²) in [5, 5.41) is 8.45. The van der Waals surface area contributed by atoms with E-state index in [9.17, 15) is 4.79 Å². The van der Waals surface area contributed by atoms with Crippen molar-refractivity contribution in [2.45, 2.75) is 77.6 Å². The molecule has 0 rings (SSSR count). The minimum absolute atomic E-state index is 0.293. The minimum atomic E-state index is -0.689. The van der Waals surface area contributed by atoms with Gasteiger partial charge in [0.1, 0.15) is 0 Å². The van der Waals surface area contributed by atoms with E-state index in [0.29, 0.717) is 6.42 Å². The highest BCUT2D eigenvalue weighted by atomic mass is 16.4. The van der Waals surface area contributed by atoms with Crippen LogP contribution in [0.4, 0.5) is 0 Å². The number of hydrogen-bond donors (Lipinski definition) is 1. The van der Waals surface area contributed by atoms with E-state index < -0.39 is 5.97 Å². The fourth-order valence-corrected chi connectivity index (χ4v) is 1.83. The molecular formula is C15H28O2. The highest BCUT2D eigenvalue weighted by molar-refractivity contribution is 5.66. The first-order chi connectivity index (χ1) is 8.27. The molecule has 0 aliphatic heterocycles. The van der Waals surface area contributed by atoms with Crippen molar-refractivity contribution in [2.24, 2.45) is 0 Å². The first-order valence-corrected chi connectivity index (χ1v) is 7.14. The zero-order valence-electron chi connectivity index (χ0n) is 11.3. The van der Waals surface area contributed by atoms with Gasteiger partial charge in [-0.15, -0.1) is 0 Å². The number of hydrogen-bond acceptors (Lipinski definition) is 1. The molecule has 0 amide bonds. The fourth-order valence-electron chi connectivity index (χ4n) is 1.83. The van der Waals surface area contributed by atoms with Gasteiger partial charge in [-0.2, -0.15) is 0 Å². The molecule has 0 aromatic heterocycles. The van der Waals surface area contributed by atoms with Crippen LogP contribution in [0, 0.1) is 0 Å². The zero-order chi connectivity index (χ0) is 12.8. The summed E-state index contributed by atoms with van der Waals surface area (Å²) in [5.74, 6) is -0.689. The molecule has 1 N–H and O–H groups in total. The van der Waals surface area contributed by atoms with E-state index >= 15 is 0 Å². The van der Waals surface area contributed by atoms with Crippen molar-refractivity contribution >= 4 is 5.97 Å². The molecule has 0 bridgehead atoms. The van der Waals surface area contributed by atoms with Gasteiger partial charge >= 0.3 is 5.97 Å². The largest absolute Gasteiger partial charge is 0.481 e. The van der Waals surface area contributed by atoms with Crippen LogP contribution in [0.2, 0.25) is 0 Å². The van der Waals surface area contributed by atoms with E-state index in [0.717, 1.165) is 19.3 Å². The first-order valence-electron chi connectivity index (χ1n) is 7.14. The lowest BCUT2D eigenvalue weighted by Crippen LogP contribution is -1.92. The van der Waals surface area contributed by atoms with E-state index in [4.69, 9.17) is 5.11 Å².